The first-order chi connectivity index (χ1) is 8.64. The van der Waals surface area contributed by atoms with Crippen molar-refractivity contribution in [2.45, 2.75) is 52.5 Å². The van der Waals surface area contributed by atoms with Gasteiger partial charge in [-0.3, -0.25) is 9.69 Å². The predicted octanol–water partition coefficient (Wildman–Crippen LogP) is 3.29. The third-order valence-corrected chi connectivity index (χ3v) is 4.00. The molecular weight excluding hydrogens is 226 g/mol. The molecule has 0 saturated carbocycles. The third-order valence-electron chi connectivity index (χ3n) is 4.00. The molecule has 0 bridgehead atoms. The molecule has 0 aliphatic rings. The van der Waals surface area contributed by atoms with Gasteiger partial charge < -0.3 is 4.42 Å². The second-order valence-electron chi connectivity index (χ2n) is 4.64. The van der Waals surface area contributed by atoms with Gasteiger partial charge in [0.25, 0.3) is 0 Å². The largest absolute Gasteiger partial charge is 0.472 e. The van der Waals surface area contributed by atoms with Crippen LogP contribution in [0.3, 0.4) is 0 Å². The number of rotatable bonds is 8. The van der Waals surface area contributed by atoms with E-state index in [0.717, 1.165) is 31.5 Å². The maximum Gasteiger partial charge on any atom is 0.157 e. The minimum absolute atomic E-state index is 0.303. The normalized spacial score (nSPS) is 12.1. The number of carbonyl (C=O) groups is 1. The standard InChI is InChI=1S/C15H25NO2/c1-5-15(6-2,16(7-3)8-4)14(17)11-13-9-10-18-12-13/h9-10,12H,5-8,11H2,1-4H3. The number of carbonyl (C=O) groups excluding carboxylic acids is 1. The fourth-order valence-electron chi connectivity index (χ4n) is 2.84. The second-order valence-corrected chi connectivity index (χ2v) is 4.64. The summed E-state index contributed by atoms with van der Waals surface area (Å²) in [5.41, 5.74) is 0.652. The predicted molar refractivity (Wildman–Crippen MR) is 73.7 cm³/mol. The van der Waals surface area contributed by atoms with E-state index in [1.807, 2.05) is 6.07 Å². The molecule has 0 unspecified atom stereocenters. The van der Waals surface area contributed by atoms with Crippen molar-refractivity contribution in [3.63, 3.8) is 0 Å². The first-order valence-corrected chi connectivity index (χ1v) is 6.93. The Labute approximate surface area is 110 Å². The summed E-state index contributed by atoms with van der Waals surface area (Å²) in [5, 5.41) is 0. The Bertz CT molecular complexity index is 349. The summed E-state index contributed by atoms with van der Waals surface area (Å²) in [6, 6.07) is 1.87. The van der Waals surface area contributed by atoms with Crippen LogP contribution in [-0.2, 0) is 11.2 Å². The molecule has 0 N–H and O–H groups in total. The number of hydrogen-bond acceptors (Lipinski definition) is 3. The molecule has 0 aliphatic carbocycles. The minimum atomic E-state index is -0.319. The molecule has 0 aliphatic heterocycles. The average Bonchev–Trinajstić information content (AvgIpc) is 2.88. The number of hydrogen-bond donors (Lipinski definition) is 0. The van der Waals surface area contributed by atoms with Gasteiger partial charge in [-0.25, -0.2) is 0 Å². The van der Waals surface area contributed by atoms with Gasteiger partial charge >= 0.3 is 0 Å². The van der Waals surface area contributed by atoms with Crippen molar-refractivity contribution in [1.29, 1.82) is 0 Å². The van der Waals surface area contributed by atoms with Crippen LogP contribution in [0.25, 0.3) is 0 Å². The summed E-state index contributed by atoms with van der Waals surface area (Å²) in [6.07, 6.45) is 5.48. The van der Waals surface area contributed by atoms with Gasteiger partial charge in [-0.05, 0) is 37.6 Å². The van der Waals surface area contributed by atoms with Crippen molar-refractivity contribution >= 4 is 5.78 Å². The van der Waals surface area contributed by atoms with E-state index < -0.39 is 0 Å². The van der Waals surface area contributed by atoms with Gasteiger partial charge in [0.2, 0.25) is 0 Å². The van der Waals surface area contributed by atoms with Crippen molar-refractivity contribution in [3.8, 4) is 0 Å². The molecule has 0 atom stereocenters. The molecule has 0 radical (unpaired) electrons. The lowest BCUT2D eigenvalue weighted by molar-refractivity contribution is -0.131. The average molecular weight is 251 g/mol. The highest BCUT2D eigenvalue weighted by Gasteiger charge is 2.38. The summed E-state index contributed by atoms with van der Waals surface area (Å²) in [5.74, 6) is 0.303. The molecule has 0 amide bonds. The molecule has 102 valence electrons. The highest BCUT2D eigenvalue weighted by molar-refractivity contribution is 5.90. The SMILES string of the molecule is CCN(CC)C(CC)(CC)C(=O)Cc1ccoc1. The van der Waals surface area contributed by atoms with Crippen LogP contribution in [-0.4, -0.2) is 29.3 Å². The van der Waals surface area contributed by atoms with Crippen LogP contribution in [0.1, 0.15) is 46.1 Å². The van der Waals surface area contributed by atoms with E-state index in [9.17, 15) is 4.79 Å². The Kier molecular flexibility index (Phi) is 5.60. The topological polar surface area (TPSA) is 33.5 Å². The Hall–Kier alpha value is -1.09. The molecule has 0 aromatic carbocycles. The van der Waals surface area contributed by atoms with E-state index in [4.69, 9.17) is 4.42 Å². The minimum Gasteiger partial charge on any atom is -0.472 e. The molecule has 0 spiro atoms. The maximum atomic E-state index is 12.7. The van der Waals surface area contributed by atoms with Crippen molar-refractivity contribution < 1.29 is 9.21 Å². The molecular formula is C15H25NO2. The number of likely N-dealkylation sites (N-methyl/N-ethyl adjacent to an activating group) is 1. The third kappa shape index (κ3) is 2.83. The van der Waals surface area contributed by atoms with Crippen molar-refractivity contribution in [3.05, 3.63) is 24.2 Å². The van der Waals surface area contributed by atoms with E-state index in [0.29, 0.717) is 12.2 Å². The van der Waals surface area contributed by atoms with Crippen LogP contribution in [0.5, 0.6) is 0 Å². The van der Waals surface area contributed by atoms with Crippen molar-refractivity contribution in [2.24, 2.45) is 0 Å². The summed E-state index contributed by atoms with van der Waals surface area (Å²) >= 11 is 0. The number of Topliss-reactive ketones (excluding diaryl/α,β-unsaturated/α-hetero) is 1. The van der Waals surface area contributed by atoms with E-state index in [1.54, 1.807) is 12.5 Å². The molecule has 1 rings (SSSR count). The number of nitrogens with zero attached hydrogens (tertiary/aromatic N) is 1. The molecule has 3 nitrogen and oxygen atoms in total. The highest BCUT2D eigenvalue weighted by Crippen LogP contribution is 2.26. The van der Waals surface area contributed by atoms with E-state index in [1.165, 1.54) is 0 Å². The van der Waals surface area contributed by atoms with Gasteiger partial charge in [-0.2, -0.15) is 0 Å². The molecule has 18 heavy (non-hydrogen) atoms. The van der Waals surface area contributed by atoms with Gasteiger partial charge in [0.15, 0.2) is 5.78 Å². The van der Waals surface area contributed by atoms with E-state index >= 15 is 0 Å². The molecule has 1 aromatic heterocycles. The first-order valence-electron chi connectivity index (χ1n) is 6.93. The molecule has 0 fully saturated rings. The fraction of sp³-hybridized carbons (Fsp3) is 0.667. The fourth-order valence-corrected chi connectivity index (χ4v) is 2.84. The van der Waals surface area contributed by atoms with Crippen LogP contribution in [0.2, 0.25) is 0 Å². The Morgan fingerprint density at radius 3 is 2.22 bits per heavy atom. The molecule has 0 saturated heterocycles. The number of furan rings is 1. The lowest BCUT2D eigenvalue weighted by Gasteiger charge is -2.41. The summed E-state index contributed by atoms with van der Waals surface area (Å²) in [6.45, 7) is 10.3. The molecule has 1 aromatic rings. The lowest BCUT2D eigenvalue weighted by atomic mass is 9.83. The lowest BCUT2D eigenvalue weighted by Crippen LogP contribution is -2.54. The van der Waals surface area contributed by atoms with Gasteiger partial charge in [0.1, 0.15) is 0 Å². The van der Waals surface area contributed by atoms with Crippen LogP contribution in [0.15, 0.2) is 23.0 Å². The summed E-state index contributed by atoms with van der Waals surface area (Å²) in [7, 11) is 0. The quantitative estimate of drug-likeness (QED) is 0.711. The van der Waals surface area contributed by atoms with Crippen LogP contribution >= 0.6 is 0 Å². The molecule has 1 heterocycles. The smallest absolute Gasteiger partial charge is 0.157 e. The zero-order valence-electron chi connectivity index (χ0n) is 12.0. The summed E-state index contributed by atoms with van der Waals surface area (Å²) < 4.78 is 5.04. The Balaban J connectivity index is 2.92. The van der Waals surface area contributed by atoms with Crippen LogP contribution in [0.4, 0.5) is 0 Å². The van der Waals surface area contributed by atoms with E-state index in [-0.39, 0.29) is 5.54 Å². The monoisotopic (exact) mass is 251 g/mol. The van der Waals surface area contributed by atoms with Crippen molar-refractivity contribution in [1.82, 2.24) is 4.90 Å². The Morgan fingerprint density at radius 2 is 1.83 bits per heavy atom. The maximum absolute atomic E-state index is 12.7. The van der Waals surface area contributed by atoms with Crippen LogP contribution < -0.4 is 0 Å². The van der Waals surface area contributed by atoms with Gasteiger partial charge in [-0.15, -0.1) is 0 Å². The summed E-state index contributed by atoms with van der Waals surface area (Å²) in [4.78, 5) is 15.0. The first kappa shape index (κ1) is 15.0. The van der Waals surface area contributed by atoms with Crippen molar-refractivity contribution in [2.75, 3.05) is 13.1 Å². The zero-order valence-corrected chi connectivity index (χ0v) is 12.0. The Morgan fingerprint density at radius 1 is 1.22 bits per heavy atom. The van der Waals surface area contributed by atoms with Gasteiger partial charge in [-0.1, -0.05) is 27.7 Å². The van der Waals surface area contributed by atoms with Gasteiger partial charge in [0, 0.05) is 6.42 Å². The van der Waals surface area contributed by atoms with E-state index in [2.05, 4.69) is 32.6 Å². The molecule has 3 heteroatoms. The van der Waals surface area contributed by atoms with Gasteiger partial charge in [0.05, 0.1) is 18.1 Å². The number of ketones is 1. The van der Waals surface area contributed by atoms with Crippen LogP contribution in [0, 0.1) is 0 Å². The zero-order chi connectivity index (χ0) is 13.6. The second kappa shape index (κ2) is 6.74. The highest BCUT2D eigenvalue weighted by atomic mass is 16.3.